The summed E-state index contributed by atoms with van der Waals surface area (Å²) in [5.74, 6) is 1.01. The number of carbonyl (C=O) groups excluding carboxylic acids is 2. The first-order chi connectivity index (χ1) is 22.1. The van der Waals surface area contributed by atoms with Gasteiger partial charge in [-0.05, 0) is 42.7 Å². The number of amides is 2. The second-order valence-electron chi connectivity index (χ2n) is 13.0. The fourth-order valence-corrected chi connectivity index (χ4v) is 6.19. The molecular weight excluding hydrogens is 558 g/mol. The van der Waals surface area contributed by atoms with Gasteiger partial charge in [-0.1, -0.05) is 148 Å². The van der Waals surface area contributed by atoms with Crippen molar-refractivity contribution in [3.05, 3.63) is 59.2 Å². The van der Waals surface area contributed by atoms with Gasteiger partial charge in [-0.15, -0.1) is 0 Å². The lowest BCUT2D eigenvalue weighted by Crippen LogP contribution is -2.29. The van der Waals surface area contributed by atoms with E-state index in [1.165, 1.54) is 127 Å². The number of imide groups is 1. The number of nitrogens with zero attached hydrogens (tertiary/aromatic N) is 1. The summed E-state index contributed by atoms with van der Waals surface area (Å²) in [6.45, 7) is 6.05. The fraction of sp³-hybridized carbons (Fsp3) is 0.650. The monoisotopic (exact) mass is 619 g/mol. The van der Waals surface area contributed by atoms with Crippen molar-refractivity contribution in [2.45, 2.75) is 155 Å². The Kier molecular flexibility index (Phi) is 18.4. The molecule has 0 aromatic heterocycles. The van der Waals surface area contributed by atoms with Crippen LogP contribution in [-0.2, 0) is 6.54 Å². The molecule has 0 radical (unpaired) electrons. The number of rotatable bonds is 27. The molecule has 5 nitrogen and oxygen atoms in total. The highest BCUT2D eigenvalue weighted by Crippen LogP contribution is 2.29. The Hall–Kier alpha value is -2.82. The lowest BCUT2D eigenvalue weighted by Gasteiger charge is -2.17. The van der Waals surface area contributed by atoms with Crippen LogP contribution < -0.4 is 9.47 Å². The minimum absolute atomic E-state index is 0.205. The van der Waals surface area contributed by atoms with E-state index in [9.17, 15) is 9.59 Å². The van der Waals surface area contributed by atoms with Gasteiger partial charge in [0.1, 0.15) is 11.5 Å². The smallest absolute Gasteiger partial charge is 0.261 e. The van der Waals surface area contributed by atoms with Gasteiger partial charge in [0.05, 0.1) is 30.9 Å². The van der Waals surface area contributed by atoms with Gasteiger partial charge in [0, 0.05) is 6.07 Å². The maximum atomic E-state index is 13.0. The molecule has 250 valence electrons. The van der Waals surface area contributed by atoms with Crippen LogP contribution in [0, 0.1) is 0 Å². The maximum Gasteiger partial charge on any atom is 0.261 e. The van der Waals surface area contributed by atoms with Crippen LogP contribution in [-0.4, -0.2) is 29.9 Å². The molecule has 0 bridgehead atoms. The van der Waals surface area contributed by atoms with Crippen LogP contribution in [0.1, 0.15) is 175 Å². The van der Waals surface area contributed by atoms with Crippen LogP contribution in [0.5, 0.6) is 11.5 Å². The standard InChI is InChI=1S/C40H61NO4/c1-3-5-7-9-11-13-14-15-17-19-21-25-29-45-36-31-34(33-41-39(42)37-26-22-23-27-38(37)40(41)43)30-35(32-36)44-28-24-20-18-16-12-10-8-6-4-2/h22-23,26-27,30-32H,3-21,24-25,28-29,33H2,1-2H3. The van der Waals surface area contributed by atoms with Crippen molar-refractivity contribution in [2.24, 2.45) is 0 Å². The van der Waals surface area contributed by atoms with E-state index < -0.39 is 0 Å². The Morgan fingerprint density at radius 2 is 0.844 bits per heavy atom. The summed E-state index contributed by atoms with van der Waals surface area (Å²) in [4.78, 5) is 27.3. The first-order valence-corrected chi connectivity index (χ1v) is 18.5. The molecule has 2 amide bonds. The molecule has 2 aromatic carbocycles. The molecular formula is C40H61NO4. The van der Waals surface area contributed by atoms with Crippen molar-refractivity contribution in [3.8, 4) is 11.5 Å². The second-order valence-corrected chi connectivity index (χ2v) is 13.0. The van der Waals surface area contributed by atoms with Crippen LogP contribution in [0.25, 0.3) is 0 Å². The second kappa shape index (κ2) is 22.6. The molecule has 1 heterocycles. The van der Waals surface area contributed by atoms with Crippen LogP contribution in [0.2, 0.25) is 0 Å². The molecule has 2 aromatic rings. The van der Waals surface area contributed by atoms with Crippen LogP contribution in [0.15, 0.2) is 42.5 Å². The SMILES string of the molecule is CCCCCCCCCCCCCCOc1cc(CN2C(=O)c3ccccc3C2=O)cc(OCCCCCCCCCCC)c1. The van der Waals surface area contributed by atoms with Crippen LogP contribution in [0.4, 0.5) is 0 Å². The highest BCUT2D eigenvalue weighted by molar-refractivity contribution is 6.21. The largest absolute Gasteiger partial charge is 0.493 e. The van der Waals surface area contributed by atoms with Gasteiger partial charge in [0.25, 0.3) is 11.8 Å². The van der Waals surface area contributed by atoms with Gasteiger partial charge in [-0.3, -0.25) is 14.5 Å². The molecule has 1 aliphatic rings. The molecule has 0 saturated heterocycles. The number of hydrogen-bond donors (Lipinski definition) is 0. The zero-order chi connectivity index (χ0) is 32.0. The van der Waals surface area contributed by atoms with E-state index in [0.717, 1.165) is 29.9 Å². The van der Waals surface area contributed by atoms with Gasteiger partial charge in [0.2, 0.25) is 0 Å². The highest BCUT2D eigenvalue weighted by atomic mass is 16.5. The molecule has 1 aliphatic heterocycles. The molecule has 0 saturated carbocycles. The van der Waals surface area contributed by atoms with Crippen molar-refractivity contribution in [2.75, 3.05) is 13.2 Å². The van der Waals surface area contributed by atoms with E-state index >= 15 is 0 Å². The number of hydrogen-bond acceptors (Lipinski definition) is 4. The summed E-state index contributed by atoms with van der Waals surface area (Å²) in [6, 6.07) is 12.9. The average molecular weight is 620 g/mol. The molecule has 0 N–H and O–H groups in total. The van der Waals surface area contributed by atoms with Crippen molar-refractivity contribution >= 4 is 11.8 Å². The van der Waals surface area contributed by atoms with Gasteiger partial charge >= 0.3 is 0 Å². The Balaban J connectivity index is 1.43. The maximum absolute atomic E-state index is 13.0. The zero-order valence-electron chi connectivity index (χ0n) is 28.6. The molecule has 5 heteroatoms. The summed E-state index contributed by atoms with van der Waals surface area (Å²) in [6.07, 6.45) is 27.2. The van der Waals surface area contributed by atoms with Gasteiger partial charge in [0.15, 0.2) is 0 Å². The Morgan fingerprint density at radius 3 is 1.22 bits per heavy atom. The van der Waals surface area contributed by atoms with E-state index in [-0.39, 0.29) is 18.4 Å². The summed E-state index contributed by atoms with van der Waals surface area (Å²) >= 11 is 0. The molecule has 0 unspecified atom stereocenters. The topological polar surface area (TPSA) is 55.8 Å². The Labute approximate surface area is 274 Å². The summed E-state index contributed by atoms with van der Waals surface area (Å²) in [5.41, 5.74) is 1.80. The van der Waals surface area contributed by atoms with Gasteiger partial charge in [-0.25, -0.2) is 0 Å². The van der Waals surface area contributed by atoms with E-state index in [2.05, 4.69) is 13.8 Å². The van der Waals surface area contributed by atoms with E-state index in [1.54, 1.807) is 24.3 Å². The predicted octanol–water partition coefficient (Wildman–Crippen LogP) is 11.5. The quantitative estimate of drug-likeness (QED) is 0.0737. The van der Waals surface area contributed by atoms with E-state index in [4.69, 9.17) is 9.47 Å². The number of unbranched alkanes of at least 4 members (excludes halogenated alkanes) is 19. The minimum atomic E-state index is -0.240. The average Bonchev–Trinajstić information content (AvgIpc) is 3.29. The summed E-state index contributed by atoms with van der Waals surface area (Å²) < 4.78 is 12.4. The third-order valence-electron chi connectivity index (χ3n) is 8.94. The molecule has 0 spiro atoms. The summed E-state index contributed by atoms with van der Waals surface area (Å²) in [7, 11) is 0. The third kappa shape index (κ3) is 14.0. The van der Waals surface area contributed by atoms with Gasteiger partial charge < -0.3 is 9.47 Å². The van der Waals surface area contributed by atoms with E-state index in [0.29, 0.717) is 24.3 Å². The third-order valence-corrected chi connectivity index (χ3v) is 8.94. The lowest BCUT2D eigenvalue weighted by molar-refractivity contribution is 0.0642. The van der Waals surface area contributed by atoms with Gasteiger partial charge in [-0.2, -0.15) is 0 Å². The van der Waals surface area contributed by atoms with Crippen molar-refractivity contribution in [1.82, 2.24) is 4.90 Å². The molecule has 0 aliphatic carbocycles. The fourth-order valence-electron chi connectivity index (χ4n) is 6.19. The normalized spacial score (nSPS) is 12.6. The van der Waals surface area contributed by atoms with Crippen molar-refractivity contribution in [3.63, 3.8) is 0 Å². The molecule has 45 heavy (non-hydrogen) atoms. The lowest BCUT2D eigenvalue weighted by atomic mass is 10.1. The van der Waals surface area contributed by atoms with Crippen LogP contribution in [0.3, 0.4) is 0 Å². The first-order valence-electron chi connectivity index (χ1n) is 18.5. The number of ether oxygens (including phenoxy) is 2. The number of fused-ring (bicyclic) bond motifs is 1. The Morgan fingerprint density at radius 1 is 0.489 bits per heavy atom. The van der Waals surface area contributed by atoms with Crippen molar-refractivity contribution < 1.29 is 19.1 Å². The molecule has 0 fully saturated rings. The van der Waals surface area contributed by atoms with Crippen molar-refractivity contribution in [1.29, 1.82) is 0 Å². The predicted molar refractivity (Wildman–Crippen MR) is 186 cm³/mol. The number of carbonyl (C=O) groups is 2. The minimum Gasteiger partial charge on any atom is -0.493 e. The Bertz CT molecular complexity index is 1080. The summed E-state index contributed by atoms with van der Waals surface area (Å²) in [5, 5.41) is 0. The first kappa shape index (κ1) is 36.6. The molecule has 3 rings (SSSR count). The zero-order valence-corrected chi connectivity index (χ0v) is 28.6. The molecule has 0 atom stereocenters. The van der Waals surface area contributed by atoms with Crippen LogP contribution >= 0.6 is 0 Å². The number of benzene rings is 2. The van der Waals surface area contributed by atoms with E-state index in [1.807, 2.05) is 18.2 Å². The highest BCUT2D eigenvalue weighted by Gasteiger charge is 2.35.